The number of allylic oxidation sites excluding steroid dienone is 6. The molecule has 2 rings (SSSR count). The van der Waals surface area contributed by atoms with E-state index in [2.05, 4.69) is 23.8 Å². The molecule has 1 aliphatic rings. The topological polar surface area (TPSA) is 41.5 Å². The van der Waals surface area contributed by atoms with Gasteiger partial charge in [-0.05, 0) is 94.6 Å². The first-order valence-corrected chi connectivity index (χ1v) is 12.6. The van der Waals surface area contributed by atoms with Gasteiger partial charge >= 0.3 is 0 Å². The van der Waals surface area contributed by atoms with Crippen molar-refractivity contribution >= 4 is 17.8 Å². The summed E-state index contributed by atoms with van der Waals surface area (Å²) in [4.78, 5) is 17.6. The number of nitrogens with zero attached hydrogens (tertiary/aromatic N) is 1. The molecule has 0 radical (unpaired) electrons. The third kappa shape index (κ3) is 8.89. The van der Waals surface area contributed by atoms with Crippen molar-refractivity contribution in [3.05, 3.63) is 77.8 Å². The molecule has 1 aromatic carbocycles. The van der Waals surface area contributed by atoms with Gasteiger partial charge in [0.15, 0.2) is 0 Å². The molecule has 0 aromatic heterocycles. The van der Waals surface area contributed by atoms with Crippen molar-refractivity contribution < 1.29 is 9.18 Å². The van der Waals surface area contributed by atoms with Gasteiger partial charge in [0.2, 0.25) is 5.91 Å². The number of amides is 1. The van der Waals surface area contributed by atoms with Crippen LogP contribution >= 0.6 is 0 Å². The molecule has 0 saturated heterocycles. The lowest BCUT2D eigenvalue weighted by molar-refractivity contribution is -0.126. The molecule has 4 heteroatoms. The Bertz CT molecular complexity index is 937. The Kier molecular flexibility index (Phi) is 11.7. The maximum absolute atomic E-state index is 13.8. The summed E-state index contributed by atoms with van der Waals surface area (Å²) in [6.07, 6.45) is 18.3. The van der Waals surface area contributed by atoms with Crippen LogP contribution in [0.3, 0.4) is 0 Å². The van der Waals surface area contributed by atoms with Crippen LogP contribution in [0.1, 0.15) is 71.8 Å². The van der Waals surface area contributed by atoms with Crippen LogP contribution in [0.2, 0.25) is 0 Å². The van der Waals surface area contributed by atoms with Gasteiger partial charge in [-0.25, -0.2) is 4.39 Å². The average Bonchev–Trinajstić information content (AvgIpc) is 3.03. The molecule has 1 fully saturated rings. The zero-order chi connectivity index (χ0) is 24.9. The van der Waals surface area contributed by atoms with Gasteiger partial charge in [-0.2, -0.15) is 0 Å². The number of nitrogens with one attached hydrogen (secondary N) is 1. The predicted molar refractivity (Wildman–Crippen MR) is 143 cm³/mol. The summed E-state index contributed by atoms with van der Waals surface area (Å²) in [5, 5.41) is 3.16. The number of rotatable bonds is 10. The Morgan fingerprint density at radius 1 is 1.24 bits per heavy atom. The van der Waals surface area contributed by atoms with E-state index in [-0.39, 0.29) is 17.6 Å². The third-order valence-electron chi connectivity index (χ3n) is 6.56. The highest BCUT2D eigenvalue weighted by atomic mass is 19.1. The molecule has 0 aliphatic heterocycles. The van der Waals surface area contributed by atoms with Gasteiger partial charge in [0.05, 0.1) is 5.69 Å². The SMILES string of the molecule is C=C/C=N\c1cc(F)ccc1CC1CCCC(C(CC)C(=O)NC(/C=C\C)=C/C=C(C)C)CC1. The zero-order valence-electron chi connectivity index (χ0n) is 21.3. The number of halogens is 1. The number of hydrogen-bond donors (Lipinski definition) is 1. The largest absolute Gasteiger partial charge is 0.326 e. The molecule has 1 saturated carbocycles. The molecule has 1 aliphatic carbocycles. The van der Waals surface area contributed by atoms with Crippen molar-refractivity contribution in [3.63, 3.8) is 0 Å². The zero-order valence-corrected chi connectivity index (χ0v) is 21.3. The highest BCUT2D eigenvalue weighted by molar-refractivity contribution is 5.81. The molecule has 1 N–H and O–H groups in total. The van der Waals surface area contributed by atoms with Crippen LogP contribution in [0.25, 0.3) is 0 Å². The average molecular weight is 465 g/mol. The Hall–Kier alpha value is -2.75. The van der Waals surface area contributed by atoms with E-state index >= 15 is 0 Å². The van der Waals surface area contributed by atoms with Crippen LogP contribution in [0, 0.1) is 23.6 Å². The fourth-order valence-corrected chi connectivity index (χ4v) is 4.83. The van der Waals surface area contributed by atoms with Crippen molar-refractivity contribution in [2.45, 2.75) is 72.6 Å². The molecule has 1 aromatic rings. The van der Waals surface area contributed by atoms with Gasteiger partial charge in [-0.15, -0.1) is 0 Å². The van der Waals surface area contributed by atoms with E-state index in [1.54, 1.807) is 12.3 Å². The lowest BCUT2D eigenvalue weighted by Crippen LogP contribution is -2.34. The third-order valence-corrected chi connectivity index (χ3v) is 6.56. The molecule has 184 valence electrons. The number of benzene rings is 1. The highest BCUT2D eigenvalue weighted by Gasteiger charge is 2.29. The summed E-state index contributed by atoms with van der Waals surface area (Å²) in [6, 6.07) is 4.87. The van der Waals surface area contributed by atoms with Gasteiger partial charge in [0.25, 0.3) is 0 Å². The van der Waals surface area contributed by atoms with Crippen molar-refractivity contribution in [1.82, 2.24) is 5.32 Å². The summed E-state index contributed by atoms with van der Waals surface area (Å²) >= 11 is 0. The smallest absolute Gasteiger partial charge is 0.227 e. The van der Waals surface area contributed by atoms with Crippen molar-refractivity contribution in [2.75, 3.05) is 0 Å². The first kappa shape index (κ1) is 27.5. The summed E-state index contributed by atoms with van der Waals surface area (Å²) < 4.78 is 13.8. The standard InChI is InChI=1S/C30H41FN2O/c1-6-10-27(18-13-22(4)5)33-30(34)28(8-3)24-12-9-11-23(14-15-24)20-25-16-17-26(31)21-29(25)32-19-7-2/h6-7,10,13,16-19,21,23-24,28H,2,8-9,11-12,14-15,20H2,1,3-5H3,(H,33,34)/b10-6-,27-18+,32-19-. The lowest BCUT2D eigenvalue weighted by atomic mass is 9.83. The van der Waals surface area contributed by atoms with E-state index < -0.39 is 0 Å². The molecule has 0 heterocycles. The molecule has 34 heavy (non-hydrogen) atoms. The highest BCUT2D eigenvalue weighted by Crippen LogP contribution is 2.36. The van der Waals surface area contributed by atoms with Crippen LogP contribution in [0.15, 0.2) is 71.4 Å². The van der Waals surface area contributed by atoms with E-state index in [9.17, 15) is 9.18 Å². The molecule has 3 nitrogen and oxygen atoms in total. The van der Waals surface area contributed by atoms with E-state index in [1.807, 2.05) is 51.1 Å². The van der Waals surface area contributed by atoms with E-state index in [0.29, 0.717) is 17.5 Å². The summed E-state index contributed by atoms with van der Waals surface area (Å²) in [6.45, 7) is 11.8. The Balaban J connectivity index is 2.06. The van der Waals surface area contributed by atoms with Crippen LogP contribution in [0.5, 0.6) is 0 Å². The molecule has 1 amide bonds. The van der Waals surface area contributed by atoms with Crippen molar-refractivity contribution in [2.24, 2.45) is 22.7 Å². The van der Waals surface area contributed by atoms with Crippen LogP contribution < -0.4 is 5.32 Å². The number of carbonyl (C=O) groups is 1. The first-order chi connectivity index (χ1) is 16.4. The maximum Gasteiger partial charge on any atom is 0.227 e. The summed E-state index contributed by atoms with van der Waals surface area (Å²) in [5.74, 6) is 0.769. The van der Waals surface area contributed by atoms with Gasteiger partial charge in [0, 0.05) is 17.8 Å². The fraction of sp³-hybridized carbons (Fsp3) is 0.467. The molecular formula is C30H41FN2O. The van der Waals surface area contributed by atoms with Gasteiger partial charge < -0.3 is 5.32 Å². The van der Waals surface area contributed by atoms with Crippen molar-refractivity contribution in [1.29, 1.82) is 0 Å². The van der Waals surface area contributed by atoms with E-state index in [4.69, 9.17) is 0 Å². The predicted octanol–water partition coefficient (Wildman–Crippen LogP) is 8.02. The minimum Gasteiger partial charge on any atom is -0.326 e. The molecule has 0 bridgehead atoms. The van der Waals surface area contributed by atoms with E-state index in [0.717, 1.165) is 56.2 Å². The molecule has 3 unspecified atom stereocenters. The fourth-order valence-electron chi connectivity index (χ4n) is 4.83. The summed E-state index contributed by atoms with van der Waals surface area (Å²) in [5.41, 5.74) is 3.79. The second kappa shape index (κ2) is 14.5. The van der Waals surface area contributed by atoms with Crippen molar-refractivity contribution in [3.8, 4) is 0 Å². The van der Waals surface area contributed by atoms with Crippen LogP contribution in [-0.4, -0.2) is 12.1 Å². The van der Waals surface area contributed by atoms with Crippen LogP contribution in [-0.2, 0) is 11.2 Å². The second-order valence-electron chi connectivity index (χ2n) is 9.50. The number of aliphatic imine (C=N–C) groups is 1. The van der Waals surface area contributed by atoms with E-state index in [1.165, 1.54) is 17.7 Å². The summed E-state index contributed by atoms with van der Waals surface area (Å²) in [7, 11) is 0. The maximum atomic E-state index is 13.8. The molecule has 0 spiro atoms. The van der Waals surface area contributed by atoms with Gasteiger partial charge in [-0.3, -0.25) is 9.79 Å². The van der Waals surface area contributed by atoms with Crippen LogP contribution in [0.4, 0.5) is 10.1 Å². The normalized spacial score (nSPS) is 20.2. The molecular weight excluding hydrogens is 423 g/mol. The second-order valence-corrected chi connectivity index (χ2v) is 9.50. The Morgan fingerprint density at radius 3 is 2.71 bits per heavy atom. The number of carbonyl (C=O) groups excluding carboxylic acids is 1. The first-order valence-electron chi connectivity index (χ1n) is 12.6. The molecule has 3 atom stereocenters. The minimum atomic E-state index is -0.270. The monoisotopic (exact) mass is 464 g/mol. The Morgan fingerprint density at radius 2 is 2.03 bits per heavy atom. The van der Waals surface area contributed by atoms with Gasteiger partial charge in [0.1, 0.15) is 5.82 Å². The lowest BCUT2D eigenvalue weighted by Gasteiger charge is -2.24. The Labute approximate surface area is 205 Å². The quantitative estimate of drug-likeness (QED) is 0.213. The number of hydrogen-bond acceptors (Lipinski definition) is 2. The van der Waals surface area contributed by atoms with Gasteiger partial charge in [-0.1, -0.05) is 56.2 Å². The minimum absolute atomic E-state index is 0.0117.